The van der Waals surface area contributed by atoms with Crippen LogP contribution in [0.3, 0.4) is 0 Å². The second kappa shape index (κ2) is 10.1. The van der Waals surface area contributed by atoms with Crippen molar-refractivity contribution in [2.24, 2.45) is 5.92 Å². The minimum atomic E-state index is 0.653. The molecular formula is C14H29NS. The fourth-order valence-electron chi connectivity index (χ4n) is 1.67. The Morgan fingerprint density at radius 2 is 1.88 bits per heavy atom. The summed E-state index contributed by atoms with van der Waals surface area (Å²) in [6.07, 6.45) is 7.56. The smallest absolute Gasteiger partial charge is 0.0263 e. The van der Waals surface area contributed by atoms with E-state index in [0.717, 1.165) is 13.0 Å². The van der Waals surface area contributed by atoms with Crippen molar-refractivity contribution in [3.05, 3.63) is 11.8 Å². The molecule has 0 rings (SSSR count). The van der Waals surface area contributed by atoms with Gasteiger partial charge in [-0.2, -0.15) is 0 Å². The molecule has 0 N–H and O–H groups in total. The van der Waals surface area contributed by atoms with Crippen molar-refractivity contribution in [1.29, 1.82) is 0 Å². The van der Waals surface area contributed by atoms with Crippen molar-refractivity contribution in [3.63, 3.8) is 0 Å². The molecule has 0 amide bonds. The van der Waals surface area contributed by atoms with E-state index in [9.17, 15) is 0 Å². The molecule has 0 atom stereocenters. The number of hydrogen-bond donors (Lipinski definition) is 0. The maximum atomic E-state index is 2.47. The van der Waals surface area contributed by atoms with Crippen LogP contribution in [0.25, 0.3) is 0 Å². The average Bonchev–Trinajstić information content (AvgIpc) is 2.26. The van der Waals surface area contributed by atoms with Gasteiger partial charge in [0, 0.05) is 18.0 Å². The predicted molar refractivity (Wildman–Crippen MR) is 77.6 cm³/mol. The minimum absolute atomic E-state index is 0.653. The van der Waals surface area contributed by atoms with E-state index in [1.165, 1.54) is 30.7 Å². The van der Waals surface area contributed by atoms with Crippen molar-refractivity contribution in [1.82, 2.24) is 4.31 Å². The molecule has 0 spiro atoms. The van der Waals surface area contributed by atoms with Crippen LogP contribution in [0, 0.1) is 5.92 Å². The van der Waals surface area contributed by atoms with Gasteiger partial charge in [-0.15, -0.1) is 0 Å². The van der Waals surface area contributed by atoms with E-state index >= 15 is 0 Å². The molecule has 0 aliphatic rings. The molecule has 0 heterocycles. The molecule has 0 fully saturated rings. The van der Waals surface area contributed by atoms with Crippen molar-refractivity contribution >= 4 is 11.9 Å². The summed E-state index contributed by atoms with van der Waals surface area (Å²) < 4.78 is 2.47. The van der Waals surface area contributed by atoms with E-state index in [2.05, 4.69) is 45.0 Å². The summed E-state index contributed by atoms with van der Waals surface area (Å²) in [7, 11) is 0. The third-order valence-electron chi connectivity index (χ3n) is 2.49. The van der Waals surface area contributed by atoms with Crippen LogP contribution in [0.15, 0.2) is 11.8 Å². The molecule has 0 aliphatic carbocycles. The Morgan fingerprint density at radius 1 is 1.19 bits per heavy atom. The fraction of sp³-hybridized carbons (Fsp3) is 0.857. The molecule has 0 aromatic heterocycles. The summed E-state index contributed by atoms with van der Waals surface area (Å²) in [6.45, 7) is 12.4. The van der Waals surface area contributed by atoms with Crippen molar-refractivity contribution in [2.75, 3.05) is 12.3 Å². The minimum Gasteiger partial charge on any atom is -0.321 e. The predicted octanol–water partition coefficient (Wildman–Crippen LogP) is 5.10. The second-order valence-corrected chi connectivity index (χ2v) is 5.60. The van der Waals surface area contributed by atoms with Gasteiger partial charge >= 0.3 is 0 Å². The molecule has 0 aromatic carbocycles. The van der Waals surface area contributed by atoms with Gasteiger partial charge in [0.15, 0.2) is 0 Å². The summed E-state index contributed by atoms with van der Waals surface area (Å²) in [5.41, 5.74) is 1.50. The van der Waals surface area contributed by atoms with Gasteiger partial charge in [-0.1, -0.05) is 58.6 Å². The van der Waals surface area contributed by atoms with Gasteiger partial charge in [-0.25, -0.2) is 0 Å². The Bertz CT molecular complexity index is 187. The van der Waals surface area contributed by atoms with Gasteiger partial charge in [-0.3, -0.25) is 0 Å². The van der Waals surface area contributed by atoms with E-state index in [0.29, 0.717) is 5.92 Å². The molecule has 0 saturated carbocycles. The summed E-state index contributed by atoms with van der Waals surface area (Å²) in [5.74, 6) is 1.91. The average molecular weight is 243 g/mol. The molecule has 2 heteroatoms. The number of unbranched alkanes of at least 4 members (excludes halogenated alkanes) is 2. The summed E-state index contributed by atoms with van der Waals surface area (Å²) in [4.78, 5) is 0. The molecule has 0 saturated heterocycles. The molecule has 16 heavy (non-hydrogen) atoms. The third kappa shape index (κ3) is 7.21. The normalized spacial score (nSPS) is 12.2. The lowest BCUT2D eigenvalue weighted by molar-refractivity contribution is 0.569. The Kier molecular flexibility index (Phi) is 10.0. The highest BCUT2D eigenvalue weighted by Crippen LogP contribution is 2.22. The zero-order valence-corrected chi connectivity index (χ0v) is 12.6. The van der Waals surface area contributed by atoms with Crippen molar-refractivity contribution < 1.29 is 0 Å². The Balaban J connectivity index is 4.12. The van der Waals surface area contributed by atoms with Gasteiger partial charge < -0.3 is 4.31 Å². The van der Waals surface area contributed by atoms with Gasteiger partial charge in [0.1, 0.15) is 0 Å². The molecule has 0 aliphatic heterocycles. The summed E-state index contributed by atoms with van der Waals surface area (Å²) in [6, 6.07) is 0. The van der Waals surface area contributed by atoms with Crippen LogP contribution in [0.1, 0.15) is 60.3 Å². The van der Waals surface area contributed by atoms with Crippen molar-refractivity contribution in [2.45, 2.75) is 60.3 Å². The molecule has 0 bridgehead atoms. The van der Waals surface area contributed by atoms with Crippen LogP contribution in [0.5, 0.6) is 0 Å². The zero-order valence-electron chi connectivity index (χ0n) is 11.8. The first-order chi connectivity index (χ1) is 7.65. The SMILES string of the molecule is CCCCCSN(CC)/C(=C/C(C)C)CC. The van der Waals surface area contributed by atoms with Crippen molar-refractivity contribution in [3.8, 4) is 0 Å². The first-order valence-electron chi connectivity index (χ1n) is 6.76. The highest BCUT2D eigenvalue weighted by atomic mass is 32.2. The van der Waals surface area contributed by atoms with Gasteiger partial charge in [0.25, 0.3) is 0 Å². The van der Waals surface area contributed by atoms with E-state index in [1.807, 2.05) is 11.9 Å². The van der Waals surface area contributed by atoms with Crippen LogP contribution in [-0.4, -0.2) is 16.6 Å². The standard InChI is InChI=1S/C14H29NS/c1-6-9-10-11-16-15(8-3)14(7-2)12-13(4)5/h12-13H,6-11H2,1-5H3/b14-12+. The van der Waals surface area contributed by atoms with E-state index < -0.39 is 0 Å². The summed E-state index contributed by atoms with van der Waals surface area (Å²) >= 11 is 2.00. The third-order valence-corrected chi connectivity index (χ3v) is 3.77. The molecule has 96 valence electrons. The van der Waals surface area contributed by atoms with E-state index in [1.54, 1.807) is 0 Å². The van der Waals surface area contributed by atoms with Crippen LogP contribution >= 0.6 is 11.9 Å². The molecule has 1 nitrogen and oxygen atoms in total. The van der Waals surface area contributed by atoms with Gasteiger partial charge in [0.05, 0.1) is 0 Å². The first kappa shape index (κ1) is 15.9. The maximum Gasteiger partial charge on any atom is 0.0263 e. The van der Waals surface area contributed by atoms with Gasteiger partial charge in [-0.05, 0) is 25.7 Å². The number of hydrogen-bond acceptors (Lipinski definition) is 2. The topological polar surface area (TPSA) is 3.24 Å². The molecule has 0 unspecified atom stereocenters. The maximum absolute atomic E-state index is 2.47. The highest BCUT2D eigenvalue weighted by Gasteiger charge is 2.06. The summed E-state index contributed by atoms with van der Waals surface area (Å²) in [5, 5.41) is 0. The van der Waals surface area contributed by atoms with Crippen LogP contribution in [-0.2, 0) is 0 Å². The number of nitrogens with zero attached hydrogens (tertiary/aromatic N) is 1. The molecular weight excluding hydrogens is 214 g/mol. The molecule has 0 aromatic rings. The number of rotatable bonds is 9. The quantitative estimate of drug-likeness (QED) is 0.409. The zero-order chi connectivity index (χ0) is 12.4. The van der Waals surface area contributed by atoms with Gasteiger partial charge in [0.2, 0.25) is 0 Å². The van der Waals surface area contributed by atoms with E-state index in [-0.39, 0.29) is 0 Å². The Morgan fingerprint density at radius 3 is 2.31 bits per heavy atom. The fourth-order valence-corrected chi connectivity index (χ4v) is 2.76. The Labute approximate surface area is 107 Å². The monoisotopic (exact) mass is 243 g/mol. The lowest BCUT2D eigenvalue weighted by Crippen LogP contribution is -2.15. The first-order valence-corrected chi connectivity index (χ1v) is 7.71. The Hall–Kier alpha value is -0.110. The lowest BCUT2D eigenvalue weighted by Gasteiger charge is -2.24. The number of allylic oxidation sites excluding steroid dienone is 2. The lowest BCUT2D eigenvalue weighted by atomic mass is 10.1. The largest absolute Gasteiger partial charge is 0.321 e. The van der Waals surface area contributed by atoms with E-state index in [4.69, 9.17) is 0 Å². The van der Waals surface area contributed by atoms with Crippen LogP contribution < -0.4 is 0 Å². The highest BCUT2D eigenvalue weighted by molar-refractivity contribution is 7.97. The van der Waals surface area contributed by atoms with Crippen LogP contribution in [0.4, 0.5) is 0 Å². The van der Waals surface area contributed by atoms with Crippen LogP contribution in [0.2, 0.25) is 0 Å². The second-order valence-electron chi connectivity index (χ2n) is 4.49. The molecule has 0 radical (unpaired) electrons.